The van der Waals surface area contributed by atoms with E-state index in [-0.39, 0.29) is 18.0 Å². The molecule has 1 aliphatic heterocycles. The first kappa shape index (κ1) is 19.9. The molecule has 2 aromatic rings. The van der Waals surface area contributed by atoms with Crippen LogP contribution in [-0.4, -0.2) is 44.0 Å². The zero-order valence-electron chi connectivity index (χ0n) is 15.9. The van der Waals surface area contributed by atoms with Gasteiger partial charge in [-0.2, -0.15) is 0 Å². The summed E-state index contributed by atoms with van der Waals surface area (Å²) in [6, 6.07) is 21.1. The number of benzene rings is 2. The fourth-order valence-corrected chi connectivity index (χ4v) is 4.50. The second kappa shape index (κ2) is 10.5. The van der Waals surface area contributed by atoms with E-state index in [1.54, 1.807) is 11.8 Å². The van der Waals surface area contributed by atoms with Crippen molar-refractivity contribution in [1.29, 1.82) is 0 Å². The Hall–Kier alpha value is -1.82. The van der Waals surface area contributed by atoms with E-state index in [0.29, 0.717) is 5.75 Å². The second-order valence-corrected chi connectivity index (χ2v) is 7.98. The Kier molecular flexibility index (Phi) is 7.75. The molecule has 144 valence electrons. The summed E-state index contributed by atoms with van der Waals surface area (Å²) in [4.78, 5) is 14.0. The van der Waals surface area contributed by atoms with Gasteiger partial charge in [0.2, 0.25) is 5.91 Å². The number of thioether (sulfide) groups is 1. The summed E-state index contributed by atoms with van der Waals surface area (Å²) < 4.78 is 5.53. The third-order valence-electron chi connectivity index (χ3n) is 4.97. The van der Waals surface area contributed by atoms with Crippen molar-refractivity contribution >= 4 is 17.7 Å². The number of amides is 1. The molecular formula is C22H29N2O2S+. The lowest BCUT2D eigenvalue weighted by Crippen LogP contribution is -3.15. The highest BCUT2D eigenvalue weighted by molar-refractivity contribution is 7.99. The maximum atomic E-state index is 12.5. The Morgan fingerprint density at radius 2 is 1.70 bits per heavy atom. The molecule has 0 unspecified atom stereocenters. The smallest absolute Gasteiger partial charge is 0.230 e. The van der Waals surface area contributed by atoms with E-state index in [1.807, 2.05) is 24.3 Å². The minimum absolute atomic E-state index is 0.0744. The molecule has 0 radical (unpaired) electrons. The van der Waals surface area contributed by atoms with Crippen LogP contribution in [0.2, 0.25) is 0 Å². The number of quaternary nitrogens is 1. The van der Waals surface area contributed by atoms with Gasteiger partial charge in [0.05, 0.1) is 25.0 Å². The van der Waals surface area contributed by atoms with Crippen LogP contribution in [0.3, 0.4) is 0 Å². The fourth-order valence-electron chi connectivity index (χ4n) is 3.70. The molecule has 0 bridgehead atoms. The van der Waals surface area contributed by atoms with Crippen LogP contribution in [0.15, 0.2) is 60.7 Å². The number of carbonyl (C=O) groups excluding carboxylic acids is 1. The van der Waals surface area contributed by atoms with Crippen LogP contribution >= 0.6 is 11.8 Å². The average molecular weight is 386 g/mol. The maximum absolute atomic E-state index is 12.5. The number of ether oxygens (including phenoxy) is 1. The van der Waals surface area contributed by atoms with Crippen molar-refractivity contribution in [2.75, 3.05) is 32.1 Å². The van der Waals surface area contributed by atoms with Gasteiger partial charge in [0, 0.05) is 11.3 Å². The van der Waals surface area contributed by atoms with E-state index >= 15 is 0 Å². The van der Waals surface area contributed by atoms with Gasteiger partial charge in [-0.1, -0.05) is 60.7 Å². The molecule has 0 aromatic heterocycles. The maximum Gasteiger partial charge on any atom is 0.230 e. The summed E-state index contributed by atoms with van der Waals surface area (Å²) in [6.07, 6.45) is 0. The van der Waals surface area contributed by atoms with Crippen LogP contribution in [0.5, 0.6) is 0 Å². The van der Waals surface area contributed by atoms with Crippen LogP contribution in [0, 0.1) is 0 Å². The van der Waals surface area contributed by atoms with Gasteiger partial charge >= 0.3 is 0 Å². The third kappa shape index (κ3) is 6.09. The Bertz CT molecular complexity index is 690. The Morgan fingerprint density at radius 1 is 1.07 bits per heavy atom. The molecule has 0 aliphatic carbocycles. The second-order valence-electron chi connectivity index (χ2n) is 6.99. The van der Waals surface area contributed by atoms with Gasteiger partial charge in [0.15, 0.2) is 0 Å². The van der Waals surface area contributed by atoms with Crippen LogP contribution < -0.4 is 10.2 Å². The Labute approximate surface area is 166 Å². The summed E-state index contributed by atoms with van der Waals surface area (Å²) in [7, 11) is 0. The van der Waals surface area contributed by atoms with E-state index in [0.717, 1.165) is 32.1 Å². The van der Waals surface area contributed by atoms with E-state index in [1.165, 1.54) is 16.0 Å². The lowest BCUT2D eigenvalue weighted by molar-refractivity contribution is -0.940. The molecule has 27 heavy (non-hydrogen) atoms. The first-order valence-corrected chi connectivity index (χ1v) is 10.8. The number of rotatable bonds is 8. The minimum Gasteiger partial charge on any atom is -0.370 e. The fraction of sp³-hybridized carbons (Fsp3) is 0.409. The predicted molar refractivity (Wildman–Crippen MR) is 111 cm³/mol. The molecule has 1 aliphatic rings. The molecule has 1 amide bonds. The third-order valence-corrected chi connectivity index (χ3v) is 5.97. The van der Waals surface area contributed by atoms with Crippen molar-refractivity contribution in [2.45, 2.75) is 24.8 Å². The summed E-state index contributed by atoms with van der Waals surface area (Å²) in [5, 5.41) is 3.24. The van der Waals surface area contributed by atoms with Crippen molar-refractivity contribution < 1.29 is 14.4 Å². The molecule has 1 heterocycles. The highest BCUT2D eigenvalue weighted by Crippen LogP contribution is 2.15. The van der Waals surface area contributed by atoms with E-state index in [4.69, 9.17) is 4.74 Å². The van der Waals surface area contributed by atoms with Crippen molar-refractivity contribution in [3.63, 3.8) is 0 Å². The minimum atomic E-state index is 0.0744. The SMILES string of the molecule is C[C@H](NC(=O)CSCc1ccccc1)[C@H](c1ccccc1)[NH+]1CCOCC1. The topological polar surface area (TPSA) is 42.8 Å². The summed E-state index contributed by atoms with van der Waals surface area (Å²) in [6.45, 7) is 5.64. The quantitative estimate of drug-likeness (QED) is 0.731. The first-order valence-electron chi connectivity index (χ1n) is 9.62. The number of hydrogen-bond acceptors (Lipinski definition) is 3. The van der Waals surface area contributed by atoms with Gasteiger partial charge in [0.1, 0.15) is 19.1 Å². The van der Waals surface area contributed by atoms with Crippen LogP contribution in [-0.2, 0) is 15.3 Å². The van der Waals surface area contributed by atoms with Gasteiger partial charge in [0.25, 0.3) is 0 Å². The van der Waals surface area contributed by atoms with Crippen molar-refractivity contribution in [2.24, 2.45) is 0 Å². The van der Waals surface area contributed by atoms with Crippen LogP contribution in [0.25, 0.3) is 0 Å². The van der Waals surface area contributed by atoms with Gasteiger partial charge in [-0.3, -0.25) is 4.79 Å². The van der Waals surface area contributed by atoms with E-state index in [2.05, 4.69) is 48.6 Å². The van der Waals surface area contributed by atoms with Gasteiger partial charge in [-0.25, -0.2) is 0 Å². The number of hydrogen-bond donors (Lipinski definition) is 2. The monoisotopic (exact) mass is 385 g/mol. The molecule has 3 rings (SSSR count). The Balaban J connectivity index is 1.56. The summed E-state index contributed by atoms with van der Waals surface area (Å²) in [5.41, 5.74) is 2.53. The van der Waals surface area contributed by atoms with Gasteiger partial charge < -0.3 is 15.0 Å². The number of morpholine rings is 1. The highest BCUT2D eigenvalue weighted by Gasteiger charge is 2.32. The first-order chi connectivity index (χ1) is 13.2. The number of nitrogens with one attached hydrogen (secondary N) is 2. The van der Waals surface area contributed by atoms with Crippen LogP contribution in [0.4, 0.5) is 0 Å². The summed E-state index contributed by atoms with van der Waals surface area (Å²) >= 11 is 1.66. The van der Waals surface area contributed by atoms with Gasteiger partial charge in [-0.05, 0) is 12.5 Å². The lowest BCUT2D eigenvalue weighted by Gasteiger charge is -2.35. The molecule has 2 aromatic carbocycles. The van der Waals surface area contributed by atoms with Crippen molar-refractivity contribution in [1.82, 2.24) is 5.32 Å². The Morgan fingerprint density at radius 3 is 2.37 bits per heavy atom. The van der Waals surface area contributed by atoms with E-state index in [9.17, 15) is 4.79 Å². The largest absolute Gasteiger partial charge is 0.370 e. The zero-order chi connectivity index (χ0) is 18.9. The van der Waals surface area contributed by atoms with Gasteiger partial charge in [-0.15, -0.1) is 11.8 Å². The molecule has 1 saturated heterocycles. The number of carbonyl (C=O) groups is 1. The molecule has 0 spiro atoms. The molecular weight excluding hydrogens is 356 g/mol. The summed E-state index contributed by atoms with van der Waals surface area (Å²) in [5.74, 6) is 1.45. The zero-order valence-corrected chi connectivity index (χ0v) is 16.7. The van der Waals surface area contributed by atoms with Crippen molar-refractivity contribution in [3.8, 4) is 0 Å². The van der Waals surface area contributed by atoms with Crippen molar-refractivity contribution in [3.05, 3.63) is 71.8 Å². The molecule has 1 fully saturated rings. The predicted octanol–water partition coefficient (Wildman–Crippen LogP) is 2.08. The molecule has 2 N–H and O–H groups in total. The van der Waals surface area contributed by atoms with E-state index < -0.39 is 0 Å². The molecule has 2 atom stereocenters. The lowest BCUT2D eigenvalue weighted by atomic mass is 9.98. The molecule has 4 nitrogen and oxygen atoms in total. The molecule has 0 saturated carbocycles. The van der Waals surface area contributed by atoms with Crippen LogP contribution in [0.1, 0.15) is 24.1 Å². The standard InChI is InChI=1S/C22H28N2O2S/c1-18(23-21(25)17-27-16-19-8-4-2-5-9-19)22(20-10-6-3-7-11-20)24-12-14-26-15-13-24/h2-11,18,22H,12-17H2,1H3,(H,23,25)/p+1/t18-,22+/m0/s1. The molecule has 5 heteroatoms. The normalized spacial score (nSPS) is 17.2. The highest BCUT2D eigenvalue weighted by atomic mass is 32.2. The average Bonchev–Trinajstić information content (AvgIpc) is 2.70.